The second-order valence-electron chi connectivity index (χ2n) is 4.98. The first kappa shape index (κ1) is 14.1. The highest BCUT2D eigenvalue weighted by molar-refractivity contribution is 7.46. The Kier molecular flexibility index (Phi) is 5.31. The van der Waals surface area contributed by atoms with Crippen LogP contribution in [0.4, 0.5) is 0 Å². The molecule has 0 aliphatic carbocycles. The largest absolute Gasteiger partial charge is 0.469 e. The van der Waals surface area contributed by atoms with Crippen LogP contribution in [0, 0.1) is 11.3 Å². The molecule has 0 saturated carbocycles. The van der Waals surface area contributed by atoms with Gasteiger partial charge in [0.15, 0.2) is 0 Å². The van der Waals surface area contributed by atoms with Crippen LogP contribution in [0.25, 0.3) is 0 Å². The third-order valence-corrected chi connectivity index (χ3v) is 2.35. The predicted octanol–water partition coefficient (Wildman–Crippen LogP) is 2.56. The van der Waals surface area contributed by atoms with Gasteiger partial charge in [-0.05, 0) is 24.2 Å². The number of hydrogen-bond donors (Lipinski definition) is 2. The van der Waals surface area contributed by atoms with E-state index in [1.165, 1.54) is 0 Å². The van der Waals surface area contributed by atoms with Crippen LogP contribution in [0.5, 0.6) is 0 Å². The highest BCUT2D eigenvalue weighted by atomic mass is 31.2. The number of rotatable bonds is 5. The molecule has 2 N–H and O–H groups in total. The van der Waals surface area contributed by atoms with Gasteiger partial charge in [0.05, 0.1) is 6.61 Å². The van der Waals surface area contributed by atoms with E-state index >= 15 is 0 Å². The maximum atomic E-state index is 10.4. The smallest absolute Gasteiger partial charge is 0.303 e. The molecule has 0 amide bonds. The topological polar surface area (TPSA) is 66.8 Å². The maximum Gasteiger partial charge on any atom is 0.469 e. The van der Waals surface area contributed by atoms with Gasteiger partial charge in [-0.1, -0.05) is 27.7 Å². The lowest BCUT2D eigenvalue weighted by Gasteiger charge is -2.23. The lowest BCUT2D eigenvalue weighted by molar-refractivity contribution is 0.177. The molecule has 0 heterocycles. The summed E-state index contributed by atoms with van der Waals surface area (Å²) in [6.07, 6.45) is 1.71. The Balaban J connectivity index is 3.66. The standard InChI is InChI=1S/C9H21O4P/c1-8(7-9(2,3)4)5-6-13-14(10,11)12/h8H,5-7H2,1-4H3,(H2,10,11,12). The lowest BCUT2D eigenvalue weighted by Crippen LogP contribution is -2.12. The fraction of sp³-hybridized carbons (Fsp3) is 1.00. The van der Waals surface area contributed by atoms with E-state index in [1.807, 2.05) is 0 Å². The summed E-state index contributed by atoms with van der Waals surface area (Å²) in [7, 11) is -4.27. The molecule has 0 rings (SSSR count). The van der Waals surface area contributed by atoms with Crippen LogP contribution in [-0.4, -0.2) is 16.4 Å². The molecule has 0 aromatic rings. The van der Waals surface area contributed by atoms with Gasteiger partial charge < -0.3 is 9.79 Å². The van der Waals surface area contributed by atoms with Crippen LogP contribution in [0.3, 0.4) is 0 Å². The van der Waals surface area contributed by atoms with Crippen molar-refractivity contribution in [1.82, 2.24) is 0 Å². The van der Waals surface area contributed by atoms with Crippen molar-refractivity contribution in [3.63, 3.8) is 0 Å². The number of phosphoric acid groups is 1. The van der Waals surface area contributed by atoms with E-state index < -0.39 is 7.82 Å². The zero-order chi connectivity index (χ0) is 11.4. The Morgan fingerprint density at radius 2 is 1.86 bits per heavy atom. The van der Waals surface area contributed by atoms with Gasteiger partial charge in [-0.25, -0.2) is 4.57 Å². The van der Waals surface area contributed by atoms with Gasteiger partial charge in [0.1, 0.15) is 0 Å². The quantitative estimate of drug-likeness (QED) is 0.704. The first-order chi connectivity index (χ1) is 6.10. The second kappa shape index (κ2) is 5.26. The van der Waals surface area contributed by atoms with E-state index in [2.05, 4.69) is 32.2 Å². The fourth-order valence-electron chi connectivity index (χ4n) is 1.52. The summed E-state index contributed by atoms with van der Waals surface area (Å²) in [6.45, 7) is 8.63. The van der Waals surface area contributed by atoms with Gasteiger partial charge in [-0.2, -0.15) is 0 Å². The summed E-state index contributed by atoms with van der Waals surface area (Å²) in [5.74, 6) is 0.418. The summed E-state index contributed by atoms with van der Waals surface area (Å²) in [6, 6.07) is 0. The minimum Gasteiger partial charge on any atom is -0.303 e. The van der Waals surface area contributed by atoms with Gasteiger partial charge in [-0.3, -0.25) is 4.52 Å². The van der Waals surface area contributed by atoms with Crippen molar-refractivity contribution in [2.75, 3.05) is 6.61 Å². The molecule has 0 aliphatic heterocycles. The van der Waals surface area contributed by atoms with E-state index in [9.17, 15) is 4.57 Å². The minimum absolute atomic E-state index is 0.127. The summed E-state index contributed by atoms with van der Waals surface area (Å²) >= 11 is 0. The zero-order valence-corrected chi connectivity index (χ0v) is 10.3. The molecule has 0 bridgehead atoms. The molecule has 0 fully saturated rings. The molecule has 86 valence electrons. The van der Waals surface area contributed by atoms with Crippen LogP contribution in [0.1, 0.15) is 40.5 Å². The van der Waals surface area contributed by atoms with Crippen molar-refractivity contribution in [2.45, 2.75) is 40.5 Å². The summed E-state index contributed by atoms with van der Waals surface area (Å²) in [5, 5.41) is 0. The molecule has 14 heavy (non-hydrogen) atoms. The first-order valence-corrected chi connectivity index (χ1v) is 6.33. The second-order valence-corrected chi connectivity index (χ2v) is 6.22. The fourth-order valence-corrected chi connectivity index (χ4v) is 1.86. The molecule has 1 unspecified atom stereocenters. The normalized spacial score (nSPS) is 15.6. The van der Waals surface area contributed by atoms with Gasteiger partial charge in [0.25, 0.3) is 0 Å². The first-order valence-electron chi connectivity index (χ1n) is 4.80. The summed E-state index contributed by atoms with van der Waals surface area (Å²) < 4.78 is 14.8. The Hall–Kier alpha value is 0.110. The van der Waals surface area contributed by atoms with Crippen LogP contribution < -0.4 is 0 Å². The van der Waals surface area contributed by atoms with Crippen LogP contribution in [0.2, 0.25) is 0 Å². The van der Waals surface area contributed by atoms with Crippen molar-refractivity contribution >= 4 is 7.82 Å². The van der Waals surface area contributed by atoms with Crippen molar-refractivity contribution in [3.05, 3.63) is 0 Å². The van der Waals surface area contributed by atoms with E-state index in [1.54, 1.807) is 0 Å². The molecule has 5 heteroatoms. The van der Waals surface area contributed by atoms with Gasteiger partial charge in [0, 0.05) is 0 Å². The van der Waals surface area contributed by atoms with Crippen LogP contribution in [-0.2, 0) is 9.09 Å². The van der Waals surface area contributed by atoms with Crippen molar-refractivity contribution in [3.8, 4) is 0 Å². The predicted molar refractivity (Wildman–Crippen MR) is 55.8 cm³/mol. The third kappa shape index (κ3) is 10.2. The Labute approximate surface area is 85.9 Å². The van der Waals surface area contributed by atoms with E-state index in [-0.39, 0.29) is 12.0 Å². The molecular formula is C9H21O4P. The SMILES string of the molecule is CC(CCOP(=O)(O)O)CC(C)(C)C. The highest BCUT2D eigenvalue weighted by Crippen LogP contribution is 2.36. The number of phosphoric ester groups is 1. The van der Waals surface area contributed by atoms with Gasteiger partial charge >= 0.3 is 7.82 Å². The average Bonchev–Trinajstić information content (AvgIpc) is 1.78. The molecule has 0 aromatic carbocycles. The van der Waals surface area contributed by atoms with Gasteiger partial charge in [0.2, 0.25) is 0 Å². The Morgan fingerprint density at radius 1 is 1.36 bits per heavy atom. The maximum absolute atomic E-state index is 10.4. The summed E-state index contributed by atoms with van der Waals surface area (Å²) in [5.41, 5.74) is 0.252. The molecule has 1 atom stereocenters. The van der Waals surface area contributed by atoms with E-state index in [0.717, 1.165) is 6.42 Å². The van der Waals surface area contributed by atoms with Crippen LogP contribution in [0.15, 0.2) is 0 Å². The molecule has 4 nitrogen and oxygen atoms in total. The van der Waals surface area contributed by atoms with Crippen molar-refractivity contribution < 1.29 is 18.9 Å². The summed E-state index contributed by atoms with van der Waals surface area (Å²) in [4.78, 5) is 16.9. The molecule has 0 aromatic heterocycles. The molecular weight excluding hydrogens is 203 g/mol. The molecule has 0 radical (unpaired) electrons. The Morgan fingerprint density at radius 3 is 2.21 bits per heavy atom. The lowest BCUT2D eigenvalue weighted by atomic mass is 9.84. The van der Waals surface area contributed by atoms with Crippen molar-refractivity contribution in [2.24, 2.45) is 11.3 Å². The van der Waals surface area contributed by atoms with Gasteiger partial charge in [-0.15, -0.1) is 0 Å². The molecule has 0 aliphatic rings. The third-order valence-electron chi connectivity index (χ3n) is 1.83. The molecule has 0 saturated heterocycles. The average molecular weight is 224 g/mol. The van der Waals surface area contributed by atoms with E-state index in [0.29, 0.717) is 12.3 Å². The van der Waals surface area contributed by atoms with E-state index in [4.69, 9.17) is 9.79 Å². The zero-order valence-electron chi connectivity index (χ0n) is 9.36. The highest BCUT2D eigenvalue weighted by Gasteiger charge is 2.17. The molecule has 0 spiro atoms. The number of hydrogen-bond acceptors (Lipinski definition) is 2. The van der Waals surface area contributed by atoms with Crippen molar-refractivity contribution in [1.29, 1.82) is 0 Å². The minimum atomic E-state index is -4.27. The monoisotopic (exact) mass is 224 g/mol. The van der Waals surface area contributed by atoms with Crippen LogP contribution >= 0.6 is 7.82 Å². The Bertz CT molecular complexity index is 203.